The zero-order chi connectivity index (χ0) is 9.61. The number of aliphatic imine (C=N–C) groups is 1. The lowest BCUT2D eigenvalue weighted by Crippen LogP contribution is -2.15. The second-order valence-electron chi connectivity index (χ2n) is 2.07. The lowest BCUT2D eigenvalue weighted by molar-refractivity contribution is -0.132. The van der Waals surface area contributed by atoms with E-state index in [9.17, 15) is 13.2 Å². The minimum Gasteiger partial charge on any atom is -0.281 e. The number of nitrogens with one attached hydrogen (secondary N) is 1. The Morgan fingerprint density at radius 2 is 2.17 bits per heavy atom. The second kappa shape index (κ2) is 4.59. The molecule has 0 saturated carbocycles. The Morgan fingerprint density at radius 3 is 2.58 bits per heavy atom. The lowest BCUT2D eigenvalue weighted by Gasteiger charge is -2.02. The van der Waals surface area contributed by atoms with Gasteiger partial charge in [-0.1, -0.05) is 0 Å². The Kier molecular flexibility index (Phi) is 4.11. The van der Waals surface area contributed by atoms with E-state index in [2.05, 4.69) is 10.3 Å². The summed E-state index contributed by atoms with van der Waals surface area (Å²) < 4.78 is 34.6. The molecule has 0 aromatic heterocycles. The normalized spacial score (nSPS) is 12.4. The van der Waals surface area contributed by atoms with Gasteiger partial charge in [0.05, 0.1) is 6.42 Å². The molecule has 0 bridgehead atoms. The number of nitriles is 1. The second-order valence-corrected chi connectivity index (χ2v) is 2.07. The third-order valence-electron chi connectivity index (χ3n) is 0.981. The van der Waals surface area contributed by atoms with Crippen molar-refractivity contribution in [2.75, 3.05) is 6.54 Å². The molecule has 0 aliphatic rings. The molecule has 68 valence electrons. The van der Waals surface area contributed by atoms with E-state index in [1.165, 1.54) is 6.92 Å². The maximum atomic E-state index is 11.5. The number of amidine groups is 1. The average molecular weight is 179 g/mol. The summed E-state index contributed by atoms with van der Waals surface area (Å²) in [5.41, 5.74) is 0. The summed E-state index contributed by atoms with van der Waals surface area (Å²) in [5.74, 6) is 0.196. The molecule has 0 unspecified atom stereocenters. The van der Waals surface area contributed by atoms with Gasteiger partial charge in [-0.2, -0.15) is 18.4 Å². The molecule has 0 aromatic rings. The van der Waals surface area contributed by atoms with Gasteiger partial charge in [0.1, 0.15) is 5.84 Å². The summed E-state index contributed by atoms with van der Waals surface area (Å²) in [6.45, 7) is 1.09. The average Bonchev–Trinajstić information content (AvgIpc) is 1.84. The molecule has 0 rings (SSSR count). The molecule has 0 amide bonds. The first-order chi connectivity index (χ1) is 5.45. The van der Waals surface area contributed by atoms with Crippen LogP contribution < -0.4 is 5.32 Å². The smallest absolute Gasteiger partial charge is 0.281 e. The van der Waals surface area contributed by atoms with Crippen LogP contribution in [0.2, 0.25) is 0 Å². The molecule has 6 heteroatoms. The molecule has 0 heterocycles. The van der Waals surface area contributed by atoms with Gasteiger partial charge in [-0.05, 0) is 6.92 Å². The van der Waals surface area contributed by atoms with Crippen LogP contribution >= 0.6 is 0 Å². The fourth-order valence-corrected chi connectivity index (χ4v) is 0.471. The summed E-state index contributed by atoms with van der Waals surface area (Å²) in [7, 11) is 0. The number of rotatable bonds is 2. The summed E-state index contributed by atoms with van der Waals surface area (Å²) in [5, 5.41) is 10.2. The number of halogens is 3. The van der Waals surface area contributed by atoms with Crippen LogP contribution in [0.4, 0.5) is 13.2 Å². The molecule has 0 aromatic carbocycles. The topological polar surface area (TPSA) is 48.2 Å². The largest absolute Gasteiger partial charge is 0.390 e. The van der Waals surface area contributed by atoms with Gasteiger partial charge in [0.25, 0.3) is 0 Å². The van der Waals surface area contributed by atoms with Crippen LogP contribution in [0.3, 0.4) is 0 Å². The van der Waals surface area contributed by atoms with Gasteiger partial charge in [0.2, 0.25) is 0 Å². The van der Waals surface area contributed by atoms with Crippen molar-refractivity contribution in [3.63, 3.8) is 0 Å². The van der Waals surface area contributed by atoms with E-state index < -0.39 is 12.6 Å². The first-order valence-corrected chi connectivity index (χ1v) is 3.18. The highest BCUT2D eigenvalue weighted by Gasteiger charge is 2.25. The predicted molar refractivity (Wildman–Crippen MR) is 37.4 cm³/mol. The van der Waals surface area contributed by atoms with Crippen LogP contribution in [-0.4, -0.2) is 18.6 Å². The highest BCUT2D eigenvalue weighted by atomic mass is 19.4. The maximum absolute atomic E-state index is 11.5. The van der Waals surface area contributed by atoms with Crippen LogP contribution in [-0.2, 0) is 0 Å². The molecule has 1 N–H and O–H groups in total. The molecule has 0 aliphatic carbocycles. The molecule has 0 saturated heterocycles. The first-order valence-electron chi connectivity index (χ1n) is 3.18. The summed E-state index contributed by atoms with van der Waals surface area (Å²) in [6, 6.07) is 0. The molecular weight excluding hydrogens is 171 g/mol. The molecule has 0 aliphatic heterocycles. The van der Waals surface area contributed by atoms with Crippen molar-refractivity contribution < 1.29 is 13.2 Å². The van der Waals surface area contributed by atoms with Crippen LogP contribution in [0, 0.1) is 11.5 Å². The number of nitrogens with zero attached hydrogens (tertiary/aromatic N) is 2. The van der Waals surface area contributed by atoms with E-state index in [4.69, 9.17) is 5.26 Å². The molecule has 0 atom stereocenters. The SMILES string of the molecule is CC(=NCCC(F)(F)F)NC#N. The van der Waals surface area contributed by atoms with Crippen LogP contribution in [0.15, 0.2) is 4.99 Å². The zero-order valence-electron chi connectivity index (χ0n) is 6.44. The van der Waals surface area contributed by atoms with Crippen LogP contribution in [0.5, 0.6) is 0 Å². The monoisotopic (exact) mass is 179 g/mol. The van der Waals surface area contributed by atoms with Crippen LogP contribution in [0.25, 0.3) is 0 Å². The Morgan fingerprint density at radius 1 is 1.58 bits per heavy atom. The molecule has 0 radical (unpaired) electrons. The summed E-state index contributed by atoms with van der Waals surface area (Å²) in [6.07, 6.45) is -3.59. The van der Waals surface area contributed by atoms with Gasteiger partial charge in [0.15, 0.2) is 6.19 Å². The van der Waals surface area contributed by atoms with E-state index in [-0.39, 0.29) is 12.4 Å². The minimum atomic E-state index is -4.18. The third kappa shape index (κ3) is 6.86. The Balaban J connectivity index is 3.69. The Bertz CT molecular complexity index is 201. The van der Waals surface area contributed by atoms with Gasteiger partial charge in [0, 0.05) is 6.54 Å². The zero-order valence-corrected chi connectivity index (χ0v) is 6.44. The van der Waals surface area contributed by atoms with Crippen molar-refractivity contribution in [2.45, 2.75) is 19.5 Å². The molecule has 3 nitrogen and oxygen atoms in total. The van der Waals surface area contributed by atoms with Crippen molar-refractivity contribution in [3.8, 4) is 6.19 Å². The maximum Gasteiger partial charge on any atom is 0.390 e. The quantitative estimate of drug-likeness (QED) is 0.301. The first kappa shape index (κ1) is 10.8. The molecular formula is C6H8F3N3. The fourth-order valence-electron chi connectivity index (χ4n) is 0.471. The lowest BCUT2D eigenvalue weighted by atomic mass is 10.4. The van der Waals surface area contributed by atoms with E-state index in [0.717, 1.165) is 0 Å². The van der Waals surface area contributed by atoms with Crippen molar-refractivity contribution in [3.05, 3.63) is 0 Å². The van der Waals surface area contributed by atoms with Gasteiger partial charge in [-0.3, -0.25) is 10.3 Å². The van der Waals surface area contributed by atoms with E-state index in [0.29, 0.717) is 0 Å². The number of alkyl halides is 3. The molecule has 12 heavy (non-hydrogen) atoms. The third-order valence-corrected chi connectivity index (χ3v) is 0.981. The Hall–Kier alpha value is -1.25. The van der Waals surface area contributed by atoms with Gasteiger partial charge < -0.3 is 0 Å². The van der Waals surface area contributed by atoms with E-state index >= 15 is 0 Å². The fraction of sp³-hybridized carbons (Fsp3) is 0.667. The van der Waals surface area contributed by atoms with E-state index in [1.54, 1.807) is 6.19 Å². The predicted octanol–water partition coefficient (Wildman–Crippen LogP) is 1.43. The molecule has 0 fully saturated rings. The van der Waals surface area contributed by atoms with Gasteiger partial charge in [-0.15, -0.1) is 0 Å². The number of hydrogen-bond acceptors (Lipinski definition) is 2. The highest BCUT2D eigenvalue weighted by Crippen LogP contribution is 2.18. The standard InChI is InChI=1S/C6H8F3N3/c1-5(12-4-10)11-3-2-6(7,8)9/h2-3H2,1H3,(H,11,12). The highest BCUT2D eigenvalue weighted by molar-refractivity contribution is 5.80. The van der Waals surface area contributed by atoms with Crippen molar-refractivity contribution in [2.24, 2.45) is 4.99 Å². The van der Waals surface area contributed by atoms with Gasteiger partial charge >= 0.3 is 6.18 Å². The van der Waals surface area contributed by atoms with Crippen LogP contribution in [0.1, 0.15) is 13.3 Å². The summed E-state index contributed by atoms with van der Waals surface area (Å²) in [4.78, 5) is 3.46. The van der Waals surface area contributed by atoms with Gasteiger partial charge in [-0.25, -0.2) is 0 Å². The van der Waals surface area contributed by atoms with E-state index in [1.807, 2.05) is 0 Å². The summed E-state index contributed by atoms with van der Waals surface area (Å²) >= 11 is 0. The van der Waals surface area contributed by atoms with Crippen molar-refractivity contribution >= 4 is 5.84 Å². The van der Waals surface area contributed by atoms with Crippen molar-refractivity contribution in [1.29, 1.82) is 5.26 Å². The Labute approximate surface area is 67.9 Å². The minimum absolute atomic E-state index is 0.196. The number of hydrogen-bond donors (Lipinski definition) is 1. The molecule has 0 spiro atoms. The van der Waals surface area contributed by atoms with Crippen molar-refractivity contribution in [1.82, 2.24) is 5.32 Å².